The van der Waals surface area contributed by atoms with Crippen LogP contribution in [-0.4, -0.2) is 16.0 Å². The monoisotopic (exact) mass is 300 g/mol. The van der Waals surface area contributed by atoms with Crippen molar-refractivity contribution in [2.24, 2.45) is 10.9 Å². The van der Waals surface area contributed by atoms with E-state index in [1.807, 2.05) is 12.2 Å². The van der Waals surface area contributed by atoms with Crippen molar-refractivity contribution < 1.29 is 4.84 Å². The summed E-state index contributed by atoms with van der Waals surface area (Å²) in [4.78, 5) is 20.9. The van der Waals surface area contributed by atoms with Gasteiger partial charge in [-0.25, -0.2) is 20.4 Å². The van der Waals surface area contributed by atoms with E-state index in [2.05, 4.69) is 47.2 Å². The normalized spacial score (nSPS) is 18.6. The molecule has 1 atom stereocenters. The molecule has 2 heterocycles. The highest BCUT2D eigenvalue weighted by molar-refractivity contribution is 6.01. The Morgan fingerprint density at radius 1 is 1.50 bits per heavy atom. The minimum atomic E-state index is -0.585. The van der Waals surface area contributed by atoms with Crippen LogP contribution in [0.5, 0.6) is 0 Å². The molecular weight excluding hydrogens is 280 g/mol. The number of rotatable bonds is 6. The first kappa shape index (κ1) is 15.9. The average Bonchev–Trinajstić information content (AvgIpc) is 2.96. The zero-order valence-electron chi connectivity index (χ0n) is 12.7. The van der Waals surface area contributed by atoms with Crippen molar-refractivity contribution in [3.63, 3.8) is 0 Å². The van der Waals surface area contributed by atoms with Crippen molar-refractivity contribution in [1.82, 2.24) is 15.7 Å². The molecule has 0 bridgehead atoms. The lowest BCUT2D eigenvalue weighted by atomic mass is 10.1. The number of aromatic nitrogens is 2. The van der Waals surface area contributed by atoms with Gasteiger partial charge in [0.1, 0.15) is 5.69 Å². The molecule has 6 heteroatoms. The number of hydrogen-bond donors (Lipinski definition) is 2. The van der Waals surface area contributed by atoms with Crippen LogP contribution < -0.4 is 11.0 Å². The molecular formula is C16H20N4O2. The molecule has 1 aromatic rings. The van der Waals surface area contributed by atoms with E-state index in [1.54, 1.807) is 12.1 Å². The number of nitrogens with zero attached hydrogens (tertiary/aromatic N) is 2. The van der Waals surface area contributed by atoms with E-state index in [4.69, 9.17) is 4.84 Å². The summed E-state index contributed by atoms with van der Waals surface area (Å²) in [5.74, 6) is 1.20. The molecule has 2 N–H and O–H groups in total. The maximum absolute atomic E-state index is 11.0. The maximum atomic E-state index is 11.0. The summed E-state index contributed by atoms with van der Waals surface area (Å²) in [7, 11) is 0. The van der Waals surface area contributed by atoms with E-state index in [0.29, 0.717) is 17.4 Å². The van der Waals surface area contributed by atoms with Crippen LogP contribution in [0.2, 0.25) is 0 Å². The fourth-order valence-electron chi connectivity index (χ4n) is 1.84. The molecule has 0 saturated heterocycles. The summed E-state index contributed by atoms with van der Waals surface area (Å²) in [6, 6.07) is 2.98. The number of hydroxylamine groups is 1. The number of nitrogens with one attached hydrogen (secondary N) is 2. The maximum Gasteiger partial charge on any atom is 0.264 e. The fourth-order valence-corrected chi connectivity index (χ4v) is 1.84. The Morgan fingerprint density at radius 3 is 2.95 bits per heavy atom. The van der Waals surface area contributed by atoms with Gasteiger partial charge in [0.2, 0.25) is 6.23 Å². The molecule has 22 heavy (non-hydrogen) atoms. The number of allylic oxidation sites excluding steroid dienone is 3. The van der Waals surface area contributed by atoms with Crippen LogP contribution in [0, 0.1) is 5.92 Å². The summed E-state index contributed by atoms with van der Waals surface area (Å²) < 4.78 is 0. The van der Waals surface area contributed by atoms with E-state index in [1.165, 1.54) is 6.07 Å². The lowest BCUT2D eigenvalue weighted by molar-refractivity contribution is 0.0345. The molecule has 0 aromatic carbocycles. The van der Waals surface area contributed by atoms with Gasteiger partial charge in [0.05, 0.1) is 0 Å². The van der Waals surface area contributed by atoms with Crippen LogP contribution >= 0.6 is 0 Å². The fraction of sp³-hybridized carbons (Fsp3) is 0.312. The highest BCUT2D eigenvalue weighted by Crippen LogP contribution is 2.21. The Bertz CT molecular complexity index is 650. The summed E-state index contributed by atoms with van der Waals surface area (Å²) in [6.45, 7) is 8.04. The van der Waals surface area contributed by atoms with Gasteiger partial charge in [0, 0.05) is 11.6 Å². The third-order valence-corrected chi connectivity index (χ3v) is 2.94. The van der Waals surface area contributed by atoms with E-state index in [-0.39, 0.29) is 5.56 Å². The molecule has 0 fully saturated rings. The van der Waals surface area contributed by atoms with E-state index in [0.717, 1.165) is 12.0 Å². The molecule has 1 aliphatic rings. The van der Waals surface area contributed by atoms with Crippen LogP contribution in [0.3, 0.4) is 0 Å². The summed E-state index contributed by atoms with van der Waals surface area (Å²) in [5, 5.41) is 6.28. The Kier molecular flexibility index (Phi) is 5.43. The van der Waals surface area contributed by atoms with Gasteiger partial charge in [-0.2, -0.15) is 5.10 Å². The summed E-state index contributed by atoms with van der Waals surface area (Å²) >= 11 is 0. The second-order valence-electron chi connectivity index (χ2n) is 5.29. The predicted molar refractivity (Wildman–Crippen MR) is 86.1 cm³/mol. The van der Waals surface area contributed by atoms with Crippen molar-refractivity contribution in [2.75, 3.05) is 0 Å². The zero-order valence-corrected chi connectivity index (χ0v) is 12.7. The van der Waals surface area contributed by atoms with Gasteiger partial charge in [-0.15, -0.1) is 0 Å². The quantitative estimate of drug-likeness (QED) is 0.791. The van der Waals surface area contributed by atoms with E-state index >= 15 is 0 Å². The molecule has 0 spiro atoms. The number of amidine groups is 1. The first-order valence-corrected chi connectivity index (χ1v) is 7.15. The molecule has 1 aromatic heterocycles. The lowest BCUT2D eigenvalue weighted by Gasteiger charge is -2.03. The molecule has 0 saturated carbocycles. The SMILES string of the molecule is C=C/C=C(\C=C/CC(C)C)C1=NC(c2ccc(=O)[nH]n2)ON1. The van der Waals surface area contributed by atoms with Gasteiger partial charge in [0.25, 0.3) is 5.56 Å². The Labute approximate surface area is 129 Å². The second kappa shape index (κ2) is 7.51. The summed E-state index contributed by atoms with van der Waals surface area (Å²) in [5.41, 5.74) is 3.94. The molecule has 0 aliphatic carbocycles. The molecule has 116 valence electrons. The van der Waals surface area contributed by atoms with Crippen LogP contribution in [-0.2, 0) is 4.84 Å². The van der Waals surface area contributed by atoms with Crippen molar-refractivity contribution in [3.8, 4) is 0 Å². The van der Waals surface area contributed by atoms with Gasteiger partial charge in [0.15, 0.2) is 5.84 Å². The number of aromatic amines is 1. The number of H-pyrrole nitrogens is 1. The molecule has 0 radical (unpaired) electrons. The third kappa shape index (κ3) is 4.26. The van der Waals surface area contributed by atoms with Crippen LogP contribution in [0.4, 0.5) is 0 Å². The standard InChI is InChI=1S/C16H20N4O2/c1-4-6-12(8-5-7-11(2)3)15-17-16(22-20-15)13-9-10-14(21)19-18-13/h4-6,8-11,16H,1,7H2,2-3H3,(H,17,20)(H,19,21)/b8-5-,12-6+. The first-order valence-electron chi connectivity index (χ1n) is 7.15. The van der Waals surface area contributed by atoms with Gasteiger partial charge < -0.3 is 0 Å². The highest BCUT2D eigenvalue weighted by Gasteiger charge is 2.22. The van der Waals surface area contributed by atoms with Crippen molar-refractivity contribution in [3.05, 3.63) is 64.6 Å². The third-order valence-electron chi connectivity index (χ3n) is 2.94. The molecule has 6 nitrogen and oxygen atoms in total. The van der Waals surface area contributed by atoms with Crippen molar-refractivity contribution in [1.29, 1.82) is 0 Å². The summed E-state index contributed by atoms with van der Waals surface area (Å²) in [6.07, 6.45) is 8.03. The van der Waals surface area contributed by atoms with Crippen LogP contribution in [0.1, 0.15) is 32.2 Å². The van der Waals surface area contributed by atoms with E-state index < -0.39 is 6.23 Å². The minimum Gasteiger partial charge on any atom is -0.268 e. The zero-order chi connectivity index (χ0) is 15.9. The van der Waals surface area contributed by atoms with Gasteiger partial charge in [-0.05, 0) is 18.4 Å². The van der Waals surface area contributed by atoms with Crippen molar-refractivity contribution >= 4 is 5.84 Å². The topological polar surface area (TPSA) is 79.4 Å². The minimum absolute atomic E-state index is 0.261. The Morgan fingerprint density at radius 2 is 2.32 bits per heavy atom. The first-order chi connectivity index (χ1) is 10.6. The number of hydrogen-bond acceptors (Lipinski definition) is 5. The molecule has 2 rings (SSSR count). The molecule has 0 amide bonds. The lowest BCUT2D eigenvalue weighted by Crippen LogP contribution is -2.18. The van der Waals surface area contributed by atoms with Gasteiger partial charge >= 0.3 is 0 Å². The Hall–Kier alpha value is -2.47. The molecule has 1 aliphatic heterocycles. The van der Waals surface area contributed by atoms with Gasteiger partial charge in [-0.1, -0.05) is 44.7 Å². The highest BCUT2D eigenvalue weighted by atomic mass is 16.7. The largest absolute Gasteiger partial charge is 0.268 e. The predicted octanol–water partition coefficient (Wildman–Crippen LogP) is 2.42. The smallest absolute Gasteiger partial charge is 0.264 e. The average molecular weight is 300 g/mol. The van der Waals surface area contributed by atoms with E-state index in [9.17, 15) is 4.79 Å². The van der Waals surface area contributed by atoms with Gasteiger partial charge in [-0.3, -0.25) is 4.79 Å². The number of aliphatic imine (C=N–C) groups is 1. The Balaban J connectivity index is 2.16. The molecule has 1 unspecified atom stereocenters. The van der Waals surface area contributed by atoms with Crippen LogP contribution in [0.25, 0.3) is 0 Å². The second-order valence-corrected chi connectivity index (χ2v) is 5.29. The van der Waals surface area contributed by atoms with Crippen molar-refractivity contribution in [2.45, 2.75) is 26.5 Å². The van der Waals surface area contributed by atoms with Crippen LogP contribution in [0.15, 0.2) is 58.4 Å².